The summed E-state index contributed by atoms with van der Waals surface area (Å²) in [6.07, 6.45) is 5.87. The van der Waals surface area contributed by atoms with Gasteiger partial charge < -0.3 is 14.4 Å². The van der Waals surface area contributed by atoms with E-state index in [-0.39, 0.29) is 5.82 Å². The first-order valence-corrected chi connectivity index (χ1v) is 9.34. The molecule has 0 unspecified atom stereocenters. The minimum atomic E-state index is -0.254. The van der Waals surface area contributed by atoms with Gasteiger partial charge in [-0.15, -0.1) is 0 Å². The van der Waals surface area contributed by atoms with Gasteiger partial charge in [-0.3, -0.25) is 4.90 Å². The van der Waals surface area contributed by atoms with Crippen molar-refractivity contribution in [2.75, 3.05) is 38.8 Å². The summed E-state index contributed by atoms with van der Waals surface area (Å²) in [7, 11) is 3.09. The number of hydrogen-bond donors (Lipinski definition) is 0. The van der Waals surface area contributed by atoms with Crippen LogP contribution < -0.4 is 14.4 Å². The van der Waals surface area contributed by atoms with Crippen molar-refractivity contribution in [3.05, 3.63) is 42.0 Å². The van der Waals surface area contributed by atoms with Crippen molar-refractivity contribution in [3.8, 4) is 11.5 Å². The second kappa shape index (κ2) is 7.68. The van der Waals surface area contributed by atoms with Crippen LogP contribution in [0.25, 0.3) is 0 Å². The fourth-order valence-corrected chi connectivity index (χ4v) is 4.23. The van der Waals surface area contributed by atoms with E-state index in [2.05, 4.69) is 19.8 Å². The summed E-state index contributed by atoms with van der Waals surface area (Å²) in [5, 5.41) is 0. The fraction of sp³-hybridized carbons (Fsp3) is 0.500. The summed E-state index contributed by atoms with van der Waals surface area (Å²) in [6, 6.07) is 5.36. The van der Waals surface area contributed by atoms with E-state index in [1.807, 2.05) is 6.07 Å². The molecule has 0 spiro atoms. The third-order valence-corrected chi connectivity index (χ3v) is 5.59. The van der Waals surface area contributed by atoms with Gasteiger partial charge in [0.25, 0.3) is 0 Å². The van der Waals surface area contributed by atoms with E-state index in [0.29, 0.717) is 35.6 Å². The van der Waals surface area contributed by atoms with Gasteiger partial charge in [-0.25, -0.2) is 14.4 Å². The Morgan fingerprint density at radius 2 is 1.78 bits per heavy atom. The maximum absolute atomic E-state index is 14.6. The second-order valence-corrected chi connectivity index (χ2v) is 7.28. The quantitative estimate of drug-likeness (QED) is 0.804. The van der Waals surface area contributed by atoms with Crippen molar-refractivity contribution < 1.29 is 13.9 Å². The maximum Gasteiger partial charge on any atom is 0.225 e. The molecular weight excluding hydrogens is 347 g/mol. The molecule has 1 aromatic carbocycles. The molecule has 3 aliphatic heterocycles. The summed E-state index contributed by atoms with van der Waals surface area (Å²) in [5.41, 5.74) is 0.641. The van der Waals surface area contributed by atoms with Crippen molar-refractivity contribution in [3.63, 3.8) is 0 Å². The Labute approximate surface area is 158 Å². The van der Waals surface area contributed by atoms with Gasteiger partial charge >= 0.3 is 0 Å². The molecule has 27 heavy (non-hydrogen) atoms. The Morgan fingerprint density at radius 1 is 1.04 bits per heavy atom. The lowest BCUT2D eigenvalue weighted by Crippen LogP contribution is -2.43. The summed E-state index contributed by atoms with van der Waals surface area (Å²) < 4.78 is 25.1. The molecule has 1 aromatic heterocycles. The Bertz CT molecular complexity index is 789. The van der Waals surface area contributed by atoms with Gasteiger partial charge in [0.1, 0.15) is 5.82 Å². The molecule has 0 aliphatic carbocycles. The van der Waals surface area contributed by atoms with Gasteiger partial charge in [-0.05, 0) is 30.9 Å². The highest BCUT2D eigenvalue weighted by atomic mass is 19.1. The highest BCUT2D eigenvalue weighted by molar-refractivity contribution is 5.44. The number of ether oxygens (including phenoxy) is 2. The third-order valence-electron chi connectivity index (χ3n) is 5.59. The van der Waals surface area contributed by atoms with Crippen LogP contribution in [0.5, 0.6) is 11.5 Å². The van der Waals surface area contributed by atoms with Gasteiger partial charge in [-0.2, -0.15) is 0 Å². The molecular formula is C20H25FN4O2. The summed E-state index contributed by atoms with van der Waals surface area (Å²) in [4.78, 5) is 13.5. The Morgan fingerprint density at radius 3 is 2.52 bits per heavy atom. The van der Waals surface area contributed by atoms with E-state index < -0.39 is 0 Å². The topological polar surface area (TPSA) is 50.7 Å². The van der Waals surface area contributed by atoms with Crippen LogP contribution in [0.3, 0.4) is 0 Å². The number of methoxy groups -OCH3 is 2. The van der Waals surface area contributed by atoms with Crippen LogP contribution in [-0.2, 0) is 6.54 Å². The normalized spacial score (nSPS) is 22.6. The van der Waals surface area contributed by atoms with Gasteiger partial charge in [0, 0.05) is 56.2 Å². The number of aromatic nitrogens is 2. The van der Waals surface area contributed by atoms with Crippen LogP contribution >= 0.6 is 0 Å². The van der Waals surface area contributed by atoms with Crippen molar-refractivity contribution in [1.29, 1.82) is 0 Å². The number of hydrogen-bond acceptors (Lipinski definition) is 6. The third kappa shape index (κ3) is 3.69. The molecule has 0 saturated carbocycles. The SMILES string of the molecule is COc1cc(F)c(CN2C[C@H]3CC[C@@H]2CN(c2ncccn2)C3)cc1OC. The average molecular weight is 372 g/mol. The molecule has 3 fully saturated rings. The zero-order valence-electron chi connectivity index (χ0n) is 15.8. The Balaban J connectivity index is 1.54. The minimum Gasteiger partial charge on any atom is -0.493 e. The van der Waals surface area contributed by atoms with E-state index in [0.717, 1.165) is 32.0 Å². The lowest BCUT2D eigenvalue weighted by atomic mass is 9.94. The fourth-order valence-electron chi connectivity index (χ4n) is 4.23. The lowest BCUT2D eigenvalue weighted by molar-refractivity contribution is 0.125. The first-order valence-electron chi connectivity index (χ1n) is 9.34. The Kier molecular flexibility index (Phi) is 5.11. The molecule has 2 atom stereocenters. The summed E-state index contributed by atoms with van der Waals surface area (Å²) >= 11 is 0. The van der Waals surface area contributed by atoms with Crippen LogP contribution in [0.1, 0.15) is 18.4 Å². The number of piperidine rings is 1. The van der Waals surface area contributed by atoms with Gasteiger partial charge in [0.2, 0.25) is 5.95 Å². The van der Waals surface area contributed by atoms with E-state index in [9.17, 15) is 4.39 Å². The molecule has 0 radical (unpaired) electrons. The van der Waals surface area contributed by atoms with Crippen LogP contribution in [0.15, 0.2) is 30.6 Å². The van der Waals surface area contributed by atoms with Gasteiger partial charge in [0.15, 0.2) is 11.5 Å². The highest BCUT2D eigenvalue weighted by Crippen LogP contribution is 2.34. The molecule has 2 bridgehead atoms. The molecule has 2 aromatic rings. The molecule has 3 aliphatic rings. The van der Waals surface area contributed by atoms with Crippen molar-refractivity contribution in [2.45, 2.75) is 25.4 Å². The van der Waals surface area contributed by atoms with Gasteiger partial charge in [0.05, 0.1) is 14.2 Å². The number of fused-ring (bicyclic) bond motifs is 4. The summed E-state index contributed by atoms with van der Waals surface area (Å²) in [5.74, 6) is 2.05. The predicted molar refractivity (Wildman–Crippen MR) is 101 cm³/mol. The van der Waals surface area contributed by atoms with Crippen molar-refractivity contribution in [1.82, 2.24) is 14.9 Å². The Hall–Kier alpha value is -2.41. The van der Waals surface area contributed by atoms with Crippen LogP contribution in [0.4, 0.5) is 10.3 Å². The molecule has 4 heterocycles. The lowest BCUT2D eigenvalue weighted by Gasteiger charge is -2.36. The van der Waals surface area contributed by atoms with Crippen molar-refractivity contribution >= 4 is 5.95 Å². The smallest absolute Gasteiger partial charge is 0.225 e. The number of rotatable bonds is 5. The number of nitrogens with zero attached hydrogens (tertiary/aromatic N) is 4. The van der Waals surface area contributed by atoms with E-state index in [4.69, 9.17) is 9.47 Å². The molecule has 6 nitrogen and oxygen atoms in total. The number of anilines is 1. The average Bonchev–Trinajstić information content (AvgIpc) is 3.02. The van der Waals surface area contributed by atoms with E-state index >= 15 is 0 Å². The monoisotopic (exact) mass is 372 g/mol. The van der Waals surface area contributed by atoms with Crippen LogP contribution in [0, 0.1) is 11.7 Å². The number of benzene rings is 1. The van der Waals surface area contributed by atoms with E-state index in [1.165, 1.54) is 19.6 Å². The van der Waals surface area contributed by atoms with Gasteiger partial charge in [-0.1, -0.05) is 0 Å². The minimum absolute atomic E-state index is 0.254. The standard InChI is InChI=1S/C20H25FN4O2/c1-26-18-8-15(17(21)9-19(18)27-2)12-24-10-14-4-5-16(24)13-25(11-14)20-22-6-3-7-23-20/h3,6-9,14,16H,4-5,10-13H2,1-2H3/t14-,16-/m1/s1. The van der Waals surface area contributed by atoms with Crippen LogP contribution in [-0.4, -0.2) is 54.8 Å². The first kappa shape index (κ1) is 18.0. The maximum atomic E-state index is 14.6. The molecule has 144 valence electrons. The molecule has 0 amide bonds. The first-order chi connectivity index (χ1) is 13.2. The molecule has 0 N–H and O–H groups in total. The second-order valence-electron chi connectivity index (χ2n) is 7.28. The summed E-state index contributed by atoms with van der Waals surface area (Å²) in [6.45, 7) is 3.35. The molecule has 3 saturated heterocycles. The highest BCUT2D eigenvalue weighted by Gasteiger charge is 2.36. The van der Waals surface area contributed by atoms with Crippen molar-refractivity contribution in [2.24, 2.45) is 5.92 Å². The number of halogens is 1. The molecule has 5 rings (SSSR count). The zero-order chi connectivity index (χ0) is 18.8. The van der Waals surface area contributed by atoms with E-state index in [1.54, 1.807) is 25.6 Å². The zero-order valence-corrected chi connectivity index (χ0v) is 15.8. The predicted octanol–water partition coefficient (Wildman–Crippen LogP) is 2.73. The van der Waals surface area contributed by atoms with Crippen LogP contribution in [0.2, 0.25) is 0 Å². The molecule has 7 heteroatoms. The largest absolute Gasteiger partial charge is 0.493 e.